The van der Waals surface area contributed by atoms with E-state index in [1.54, 1.807) is 17.1 Å². The summed E-state index contributed by atoms with van der Waals surface area (Å²) in [7, 11) is 0. The van der Waals surface area contributed by atoms with Crippen LogP contribution in [0.25, 0.3) is 22.1 Å². The maximum Gasteiger partial charge on any atom is 0.301 e. The van der Waals surface area contributed by atoms with Crippen molar-refractivity contribution in [2.45, 2.75) is 38.1 Å². The third-order valence-electron chi connectivity index (χ3n) is 4.43. The highest BCUT2D eigenvalue weighted by Crippen LogP contribution is 2.27. The van der Waals surface area contributed by atoms with Crippen molar-refractivity contribution in [3.63, 3.8) is 0 Å². The lowest BCUT2D eigenvalue weighted by Crippen LogP contribution is -2.26. The predicted octanol–water partition coefficient (Wildman–Crippen LogP) is 1.78. The van der Waals surface area contributed by atoms with Crippen LogP contribution < -0.4 is 16.3 Å². The zero-order valence-corrected chi connectivity index (χ0v) is 11.7. The van der Waals surface area contributed by atoms with Crippen molar-refractivity contribution >= 4 is 27.8 Å². The van der Waals surface area contributed by atoms with Crippen LogP contribution in [0.15, 0.2) is 23.4 Å². The lowest BCUT2D eigenvalue weighted by molar-refractivity contribution is -0.346. The fraction of sp³-hybridized carbons (Fsp3) is 0.400. The number of nitrogen functional groups attached to an aromatic ring is 1. The average molecular weight is 284 g/mol. The molecule has 0 aliphatic heterocycles. The minimum atomic E-state index is 0.00933. The van der Waals surface area contributed by atoms with Gasteiger partial charge in [-0.25, -0.2) is 15.0 Å². The smallest absolute Gasteiger partial charge is 0.301 e. The molecule has 0 atom stereocenters. The van der Waals surface area contributed by atoms with Gasteiger partial charge in [0, 0.05) is 6.04 Å². The van der Waals surface area contributed by atoms with Gasteiger partial charge >= 0.3 is 5.56 Å². The highest BCUT2D eigenvalue weighted by atomic mass is 16.1. The van der Waals surface area contributed by atoms with E-state index in [1.807, 2.05) is 6.07 Å². The van der Waals surface area contributed by atoms with Crippen molar-refractivity contribution in [1.29, 1.82) is 0 Å². The molecule has 0 spiro atoms. The molecule has 0 unspecified atom stereocenters. The second-order valence-corrected chi connectivity index (χ2v) is 5.82. The zero-order valence-electron chi connectivity index (χ0n) is 11.7. The van der Waals surface area contributed by atoms with Crippen LogP contribution in [0.2, 0.25) is 0 Å². The molecule has 0 aromatic carbocycles. The monoisotopic (exact) mass is 284 g/mol. The van der Waals surface area contributed by atoms with E-state index in [4.69, 9.17) is 5.73 Å². The summed E-state index contributed by atoms with van der Waals surface area (Å²) in [5.74, 6) is 0. The molecule has 0 saturated heterocycles. The van der Waals surface area contributed by atoms with Gasteiger partial charge in [-0.15, -0.1) is 0 Å². The molecule has 0 bridgehead atoms. The van der Waals surface area contributed by atoms with Gasteiger partial charge in [-0.2, -0.15) is 0 Å². The van der Waals surface area contributed by atoms with E-state index in [0.717, 1.165) is 23.9 Å². The van der Waals surface area contributed by atoms with Crippen LogP contribution in [0.5, 0.6) is 0 Å². The molecule has 3 aromatic rings. The number of anilines is 1. The Labute approximate surface area is 121 Å². The summed E-state index contributed by atoms with van der Waals surface area (Å²) in [4.78, 5) is 23.4. The van der Waals surface area contributed by atoms with Crippen LogP contribution in [0.3, 0.4) is 0 Å². The predicted molar refractivity (Wildman–Crippen MR) is 80.9 cm³/mol. The molecule has 0 amide bonds. The Morgan fingerprint density at radius 3 is 2.95 bits per heavy atom. The lowest BCUT2D eigenvalue weighted by atomic mass is 9.95. The first-order valence-corrected chi connectivity index (χ1v) is 7.44. The van der Waals surface area contributed by atoms with Crippen molar-refractivity contribution < 1.29 is 4.98 Å². The summed E-state index contributed by atoms with van der Waals surface area (Å²) in [5, 5.41) is 0.859. The largest absolute Gasteiger partial charge is 0.396 e. The SMILES string of the molecule is Nc1c[nH+]c2[nH]c3c(=O)n(C4CCCCC4)cnc3c2c1. The molecule has 4 N–H and O–H groups in total. The van der Waals surface area contributed by atoms with Gasteiger partial charge in [0.1, 0.15) is 11.7 Å². The van der Waals surface area contributed by atoms with Crippen molar-refractivity contribution in [3.8, 4) is 0 Å². The van der Waals surface area contributed by atoms with Gasteiger partial charge in [-0.3, -0.25) is 9.36 Å². The first-order valence-electron chi connectivity index (χ1n) is 7.44. The van der Waals surface area contributed by atoms with Crippen molar-refractivity contribution in [2.24, 2.45) is 0 Å². The third kappa shape index (κ3) is 1.90. The molecule has 0 radical (unpaired) electrons. The highest BCUT2D eigenvalue weighted by molar-refractivity contribution is 6.02. The maximum atomic E-state index is 12.7. The second-order valence-electron chi connectivity index (χ2n) is 5.82. The molecule has 108 valence electrons. The molecule has 1 aliphatic rings. The Bertz CT molecular complexity index is 873. The molecule has 1 saturated carbocycles. The van der Waals surface area contributed by atoms with Gasteiger partial charge in [0.15, 0.2) is 0 Å². The Morgan fingerprint density at radius 2 is 2.14 bits per heavy atom. The molecular formula is C15H18N5O+. The van der Waals surface area contributed by atoms with Crippen LogP contribution in [0.1, 0.15) is 38.1 Å². The number of H-pyrrole nitrogens is 2. The molecule has 1 aliphatic carbocycles. The quantitative estimate of drug-likeness (QED) is 0.713. The summed E-state index contributed by atoms with van der Waals surface area (Å²) in [5.41, 5.74) is 8.46. The Kier molecular flexibility index (Phi) is 2.70. The number of nitrogens with zero attached hydrogens (tertiary/aromatic N) is 2. The van der Waals surface area contributed by atoms with E-state index in [9.17, 15) is 4.79 Å². The normalized spacial score (nSPS) is 16.8. The summed E-state index contributed by atoms with van der Waals surface area (Å²) < 4.78 is 1.79. The molecular weight excluding hydrogens is 266 g/mol. The van der Waals surface area contributed by atoms with Crippen LogP contribution in [0, 0.1) is 0 Å². The minimum Gasteiger partial charge on any atom is -0.396 e. The second kappa shape index (κ2) is 4.58. The number of aromatic amines is 2. The number of hydrogen-bond acceptors (Lipinski definition) is 3. The summed E-state index contributed by atoms with van der Waals surface area (Å²) in [6, 6.07) is 2.12. The molecule has 1 fully saturated rings. The first kappa shape index (κ1) is 12.4. The van der Waals surface area contributed by atoms with Crippen molar-refractivity contribution in [2.75, 3.05) is 5.73 Å². The third-order valence-corrected chi connectivity index (χ3v) is 4.43. The van der Waals surface area contributed by atoms with E-state index < -0.39 is 0 Å². The fourth-order valence-corrected chi connectivity index (χ4v) is 3.33. The molecule has 21 heavy (non-hydrogen) atoms. The van der Waals surface area contributed by atoms with E-state index in [1.165, 1.54) is 19.3 Å². The van der Waals surface area contributed by atoms with E-state index in [-0.39, 0.29) is 11.6 Å². The lowest BCUT2D eigenvalue weighted by Gasteiger charge is -2.22. The van der Waals surface area contributed by atoms with Crippen LogP contribution in [-0.2, 0) is 0 Å². The zero-order chi connectivity index (χ0) is 14.4. The van der Waals surface area contributed by atoms with Gasteiger partial charge in [0.05, 0.1) is 17.4 Å². The number of aromatic nitrogens is 4. The van der Waals surface area contributed by atoms with Crippen molar-refractivity contribution in [1.82, 2.24) is 14.5 Å². The maximum absolute atomic E-state index is 12.7. The number of pyridine rings is 1. The summed E-state index contributed by atoms with van der Waals surface area (Å²) in [6.45, 7) is 0. The molecule has 6 nitrogen and oxygen atoms in total. The number of rotatable bonds is 1. The summed E-state index contributed by atoms with van der Waals surface area (Å²) in [6.07, 6.45) is 9.16. The Hall–Kier alpha value is -2.37. The molecule has 4 rings (SSSR count). The summed E-state index contributed by atoms with van der Waals surface area (Å²) >= 11 is 0. The van der Waals surface area contributed by atoms with Gasteiger partial charge in [0.2, 0.25) is 5.52 Å². The fourth-order valence-electron chi connectivity index (χ4n) is 3.33. The Balaban J connectivity index is 1.94. The van der Waals surface area contributed by atoms with Crippen LogP contribution in [-0.4, -0.2) is 14.5 Å². The molecule has 3 heterocycles. The van der Waals surface area contributed by atoms with E-state index in [2.05, 4.69) is 15.0 Å². The van der Waals surface area contributed by atoms with E-state index in [0.29, 0.717) is 16.7 Å². The Morgan fingerprint density at radius 1 is 1.33 bits per heavy atom. The van der Waals surface area contributed by atoms with Gasteiger partial charge in [-0.1, -0.05) is 19.3 Å². The van der Waals surface area contributed by atoms with Crippen LogP contribution >= 0.6 is 0 Å². The average Bonchev–Trinajstić information content (AvgIpc) is 2.87. The highest BCUT2D eigenvalue weighted by Gasteiger charge is 2.21. The minimum absolute atomic E-state index is 0.00933. The standard InChI is InChI=1S/C15H17N5O/c16-9-6-11-12-13(19-14(11)17-7-9)15(21)20(8-18-12)10-4-2-1-3-5-10/h6-8,10H,1-5,16H2,(H,17,19)/p+1. The number of nitrogens with two attached hydrogens (primary N) is 1. The number of hydrogen-bond donors (Lipinski definition) is 2. The number of nitrogens with one attached hydrogen (secondary N) is 2. The van der Waals surface area contributed by atoms with E-state index >= 15 is 0 Å². The van der Waals surface area contributed by atoms with Gasteiger partial charge in [0.25, 0.3) is 5.65 Å². The van der Waals surface area contributed by atoms with Crippen molar-refractivity contribution in [3.05, 3.63) is 28.9 Å². The molecule has 6 heteroatoms. The van der Waals surface area contributed by atoms with Gasteiger partial charge < -0.3 is 5.73 Å². The van der Waals surface area contributed by atoms with Gasteiger partial charge in [-0.05, 0) is 18.9 Å². The first-order chi connectivity index (χ1) is 10.2. The molecule has 3 aromatic heterocycles. The topological polar surface area (TPSA) is 90.8 Å². The van der Waals surface area contributed by atoms with Crippen LogP contribution in [0.4, 0.5) is 5.69 Å². The number of fused-ring (bicyclic) bond motifs is 3.